The Hall–Kier alpha value is -3.43. The molecule has 2 aliphatic rings. The lowest BCUT2D eigenvalue weighted by Crippen LogP contribution is -2.43. The van der Waals surface area contributed by atoms with Gasteiger partial charge in [-0.1, -0.05) is 48.5 Å². The van der Waals surface area contributed by atoms with E-state index < -0.39 is 29.7 Å². The van der Waals surface area contributed by atoms with Gasteiger partial charge in [0.25, 0.3) is 0 Å². The molecule has 4 rings (SSSR count). The monoisotopic (exact) mass is 486 g/mol. The standard InChI is InChI=1S/C26H25F3N2O4/c1-15-22(25(33)35-14-21(34-2)16-8-4-3-5-9-16)23(24-19(31-15)12-30-13-20(24)32)17-10-6-7-11-18(17)26(27,28)29/h3-11,21,23,30-31H,12-14H2,1-2H3. The summed E-state index contributed by atoms with van der Waals surface area (Å²) >= 11 is 0. The number of methoxy groups -OCH3 is 1. The van der Waals surface area contributed by atoms with E-state index in [0.717, 1.165) is 11.6 Å². The van der Waals surface area contributed by atoms with E-state index in [9.17, 15) is 22.8 Å². The summed E-state index contributed by atoms with van der Waals surface area (Å²) in [6.45, 7) is 1.68. The number of hydrogen-bond acceptors (Lipinski definition) is 6. The number of hydrogen-bond donors (Lipinski definition) is 2. The zero-order chi connectivity index (χ0) is 25.2. The van der Waals surface area contributed by atoms with Gasteiger partial charge in [-0.15, -0.1) is 0 Å². The Morgan fingerprint density at radius 1 is 1.09 bits per heavy atom. The minimum Gasteiger partial charge on any atom is -0.459 e. The molecule has 0 amide bonds. The molecule has 9 heteroatoms. The fraction of sp³-hybridized carbons (Fsp3) is 0.308. The van der Waals surface area contributed by atoms with Crippen LogP contribution in [0.5, 0.6) is 0 Å². The highest BCUT2D eigenvalue weighted by molar-refractivity contribution is 6.05. The van der Waals surface area contributed by atoms with Crippen LogP contribution in [0.25, 0.3) is 0 Å². The molecular weight excluding hydrogens is 461 g/mol. The van der Waals surface area contributed by atoms with Crippen LogP contribution in [0.3, 0.4) is 0 Å². The SMILES string of the molecule is COC(COC(=O)C1=C(C)NC2=C(C(=O)CNC2)C1c1ccccc1C(F)(F)F)c1ccccc1. The van der Waals surface area contributed by atoms with Crippen molar-refractivity contribution >= 4 is 11.8 Å². The largest absolute Gasteiger partial charge is 0.459 e. The molecule has 2 unspecified atom stereocenters. The van der Waals surface area contributed by atoms with E-state index in [1.807, 2.05) is 30.3 Å². The van der Waals surface area contributed by atoms with Gasteiger partial charge in [0.2, 0.25) is 0 Å². The number of rotatable bonds is 6. The van der Waals surface area contributed by atoms with Gasteiger partial charge in [0.15, 0.2) is 5.78 Å². The van der Waals surface area contributed by atoms with Gasteiger partial charge in [0.1, 0.15) is 12.7 Å². The van der Waals surface area contributed by atoms with Crippen molar-refractivity contribution in [3.05, 3.63) is 93.8 Å². The van der Waals surface area contributed by atoms with E-state index in [1.54, 1.807) is 6.92 Å². The normalized spacial score (nSPS) is 19.2. The van der Waals surface area contributed by atoms with E-state index in [-0.39, 0.29) is 42.2 Å². The number of dihydropyridines is 1. The summed E-state index contributed by atoms with van der Waals surface area (Å²) in [5.74, 6) is -2.41. The first-order valence-corrected chi connectivity index (χ1v) is 11.1. The first kappa shape index (κ1) is 24.7. The van der Waals surface area contributed by atoms with Crippen molar-refractivity contribution < 1.29 is 32.2 Å². The quantitative estimate of drug-likeness (QED) is 0.601. The summed E-state index contributed by atoms with van der Waals surface area (Å²) in [5.41, 5.74) is 0.622. The van der Waals surface area contributed by atoms with Gasteiger partial charge in [0.05, 0.1) is 17.7 Å². The molecule has 184 valence electrons. The molecule has 0 spiro atoms. The van der Waals surface area contributed by atoms with E-state index in [1.165, 1.54) is 25.3 Å². The zero-order valence-electron chi connectivity index (χ0n) is 19.2. The van der Waals surface area contributed by atoms with Crippen LogP contribution in [-0.4, -0.2) is 38.6 Å². The second-order valence-electron chi connectivity index (χ2n) is 8.33. The van der Waals surface area contributed by atoms with Crippen LogP contribution in [0.15, 0.2) is 77.1 Å². The first-order chi connectivity index (χ1) is 16.7. The van der Waals surface area contributed by atoms with Crippen molar-refractivity contribution in [2.24, 2.45) is 0 Å². The Bertz CT molecular complexity index is 1190. The first-order valence-electron chi connectivity index (χ1n) is 11.1. The van der Waals surface area contributed by atoms with Crippen molar-refractivity contribution in [2.45, 2.75) is 25.1 Å². The van der Waals surface area contributed by atoms with Gasteiger partial charge in [-0.2, -0.15) is 13.2 Å². The van der Waals surface area contributed by atoms with Gasteiger partial charge in [0, 0.05) is 36.5 Å². The predicted molar refractivity (Wildman–Crippen MR) is 122 cm³/mol. The molecule has 2 atom stereocenters. The fourth-order valence-electron chi connectivity index (χ4n) is 4.55. The zero-order valence-corrected chi connectivity index (χ0v) is 19.2. The van der Waals surface area contributed by atoms with Gasteiger partial charge < -0.3 is 20.1 Å². The highest BCUT2D eigenvalue weighted by Crippen LogP contribution is 2.44. The van der Waals surface area contributed by atoms with E-state index in [0.29, 0.717) is 11.4 Å². The average Bonchev–Trinajstić information content (AvgIpc) is 2.83. The number of Topliss-reactive ketones (excluding diaryl/α,β-unsaturated/α-hetero) is 1. The second-order valence-corrected chi connectivity index (χ2v) is 8.33. The molecule has 2 aromatic carbocycles. The smallest absolute Gasteiger partial charge is 0.416 e. The Morgan fingerprint density at radius 2 is 1.77 bits per heavy atom. The lowest BCUT2D eigenvalue weighted by molar-refractivity contribution is -0.144. The number of benzene rings is 2. The Morgan fingerprint density at radius 3 is 2.46 bits per heavy atom. The molecule has 2 aromatic rings. The lowest BCUT2D eigenvalue weighted by atomic mass is 9.76. The summed E-state index contributed by atoms with van der Waals surface area (Å²) in [5, 5.41) is 5.97. The summed E-state index contributed by atoms with van der Waals surface area (Å²) in [6.07, 6.45) is -5.23. The third kappa shape index (κ3) is 5.01. The van der Waals surface area contributed by atoms with E-state index >= 15 is 0 Å². The Balaban J connectivity index is 1.74. The average molecular weight is 486 g/mol. The van der Waals surface area contributed by atoms with E-state index in [2.05, 4.69) is 10.6 Å². The molecule has 0 aromatic heterocycles. The molecule has 0 fully saturated rings. The van der Waals surface area contributed by atoms with Crippen molar-refractivity contribution in [2.75, 3.05) is 26.8 Å². The summed E-state index contributed by atoms with van der Waals surface area (Å²) in [6, 6.07) is 14.1. The maximum Gasteiger partial charge on any atom is 0.416 e. The molecule has 0 saturated heterocycles. The third-order valence-corrected chi connectivity index (χ3v) is 6.15. The minimum absolute atomic E-state index is 0.0291. The van der Waals surface area contributed by atoms with Gasteiger partial charge >= 0.3 is 12.1 Å². The summed E-state index contributed by atoms with van der Waals surface area (Å²) < 4.78 is 52.9. The predicted octanol–water partition coefficient (Wildman–Crippen LogP) is 4.02. The number of carbonyl (C=O) groups excluding carboxylic acids is 2. The maximum atomic E-state index is 14.0. The van der Waals surface area contributed by atoms with Crippen molar-refractivity contribution in [1.29, 1.82) is 0 Å². The van der Waals surface area contributed by atoms with Crippen LogP contribution in [0.4, 0.5) is 13.2 Å². The fourth-order valence-corrected chi connectivity index (χ4v) is 4.55. The van der Waals surface area contributed by atoms with Crippen LogP contribution in [-0.2, 0) is 25.2 Å². The molecule has 0 saturated carbocycles. The highest BCUT2D eigenvalue weighted by atomic mass is 19.4. The van der Waals surface area contributed by atoms with Crippen molar-refractivity contribution in [3.63, 3.8) is 0 Å². The lowest BCUT2D eigenvalue weighted by Gasteiger charge is -2.35. The number of esters is 1. The molecule has 6 nitrogen and oxygen atoms in total. The topological polar surface area (TPSA) is 76.7 Å². The molecule has 0 radical (unpaired) electrons. The minimum atomic E-state index is -4.67. The number of alkyl halides is 3. The van der Waals surface area contributed by atoms with Crippen LogP contribution < -0.4 is 10.6 Å². The van der Waals surface area contributed by atoms with Crippen molar-refractivity contribution in [1.82, 2.24) is 10.6 Å². The third-order valence-electron chi connectivity index (χ3n) is 6.15. The molecule has 0 aliphatic carbocycles. The maximum absolute atomic E-state index is 14.0. The van der Waals surface area contributed by atoms with Crippen molar-refractivity contribution in [3.8, 4) is 0 Å². The summed E-state index contributed by atoms with van der Waals surface area (Å²) in [7, 11) is 1.48. The number of ketones is 1. The van der Waals surface area contributed by atoms with Gasteiger partial charge in [-0.3, -0.25) is 4.79 Å². The highest BCUT2D eigenvalue weighted by Gasteiger charge is 2.43. The molecule has 2 heterocycles. The Labute approximate surface area is 200 Å². The van der Waals surface area contributed by atoms with Crippen LogP contribution in [0.2, 0.25) is 0 Å². The number of nitrogens with one attached hydrogen (secondary N) is 2. The van der Waals surface area contributed by atoms with Gasteiger partial charge in [-0.05, 0) is 24.1 Å². The second kappa shape index (κ2) is 10.1. The van der Waals surface area contributed by atoms with Gasteiger partial charge in [-0.25, -0.2) is 4.79 Å². The number of ether oxygens (including phenoxy) is 2. The number of halogens is 3. The molecule has 0 bridgehead atoms. The summed E-state index contributed by atoms with van der Waals surface area (Å²) in [4.78, 5) is 26.3. The molecular formula is C26H25F3N2O4. The number of carbonyl (C=O) groups is 2. The molecule has 2 N–H and O–H groups in total. The molecule has 2 aliphatic heterocycles. The number of allylic oxidation sites excluding steroid dienone is 1. The van der Waals surface area contributed by atoms with Crippen LogP contribution in [0, 0.1) is 0 Å². The van der Waals surface area contributed by atoms with Crippen LogP contribution >= 0.6 is 0 Å². The molecule has 35 heavy (non-hydrogen) atoms. The Kier molecular flexibility index (Phi) is 7.09. The van der Waals surface area contributed by atoms with E-state index in [4.69, 9.17) is 9.47 Å². The van der Waals surface area contributed by atoms with Crippen LogP contribution in [0.1, 0.15) is 35.6 Å².